The second-order valence-corrected chi connectivity index (χ2v) is 6.38. The van der Waals surface area contributed by atoms with E-state index in [4.69, 9.17) is 0 Å². The third kappa shape index (κ3) is 4.23. The van der Waals surface area contributed by atoms with Crippen molar-refractivity contribution >= 4 is 34.1 Å². The molecule has 1 aromatic heterocycles. The maximum absolute atomic E-state index is 4.22. The predicted molar refractivity (Wildman–Crippen MR) is 96.7 cm³/mol. The molecule has 1 fully saturated rings. The fourth-order valence-electron chi connectivity index (χ4n) is 2.35. The third-order valence-corrected chi connectivity index (χ3v) is 4.19. The quantitative estimate of drug-likeness (QED) is 0.625. The van der Waals surface area contributed by atoms with E-state index in [1.54, 1.807) is 6.20 Å². The molecule has 0 atom stereocenters. The first-order valence-electron chi connectivity index (χ1n) is 7.35. The first kappa shape index (κ1) is 15.4. The van der Waals surface area contributed by atoms with Gasteiger partial charge in [0.1, 0.15) is 0 Å². The average molecular weight is 407 g/mol. The summed E-state index contributed by atoms with van der Waals surface area (Å²) in [6.07, 6.45) is 1.79. The van der Waals surface area contributed by atoms with Gasteiger partial charge in [-0.05, 0) is 52.4 Å². The number of pyridine rings is 1. The van der Waals surface area contributed by atoms with Gasteiger partial charge in [0, 0.05) is 41.6 Å². The lowest BCUT2D eigenvalue weighted by Crippen LogP contribution is -2.43. The Hall–Kier alpha value is -1.54. The fourth-order valence-corrected chi connectivity index (χ4v) is 2.67. The molecular formula is C16H18IN5. The Morgan fingerprint density at radius 1 is 1.09 bits per heavy atom. The molecule has 0 spiro atoms. The Labute approximate surface area is 144 Å². The molecule has 0 unspecified atom stereocenters. The minimum Gasteiger partial charge on any atom is -0.369 e. The van der Waals surface area contributed by atoms with Crippen molar-refractivity contribution in [2.75, 3.05) is 31.1 Å². The van der Waals surface area contributed by atoms with Gasteiger partial charge in [-0.3, -0.25) is 0 Å². The molecule has 3 rings (SSSR count). The number of piperazine rings is 1. The largest absolute Gasteiger partial charge is 0.369 e. The van der Waals surface area contributed by atoms with Crippen molar-refractivity contribution < 1.29 is 0 Å². The molecule has 1 N–H and O–H groups in total. The summed E-state index contributed by atoms with van der Waals surface area (Å²) < 4.78 is 1.10. The minimum absolute atomic E-state index is 0.579. The third-order valence-electron chi connectivity index (χ3n) is 3.56. The molecule has 2 aromatic rings. The van der Waals surface area contributed by atoms with E-state index in [9.17, 15) is 0 Å². The highest BCUT2D eigenvalue weighted by atomic mass is 127. The van der Waals surface area contributed by atoms with E-state index in [1.807, 2.05) is 12.1 Å². The molecular weight excluding hydrogens is 389 g/mol. The minimum atomic E-state index is 0.579. The van der Waals surface area contributed by atoms with Crippen LogP contribution in [0.1, 0.15) is 5.56 Å². The van der Waals surface area contributed by atoms with Crippen LogP contribution in [-0.2, 0) is 6.54 Å². The van der Waals surface area contributed by atoms with Crippen molar-refractivity contribution in [1.82, 2.24) is 10.3 Å². The monoisotopic (exact) mass is 407 g/mol. The van der Waals surface area contributed by atoms with Gasteiger partial charge in [-0.1, -0.05) is 12.1 Å². The van der Waals surface area contributed by atoms with Crippen molar-refractivity contribution in [1.29, 1.82) is 0 Å². The van der Waals surface area contributed by atoms with Crippen LogP contribution in [-0.4, -0.2) is 31.2 Å². The summed E-state index contributed by atoms with van der Waals surface area (Å²) in [5.41, 5.74) is 2.44. The van der Waals surface area contributed by atoms with E-state index in [2.05, 4.69) is 72.3 Å². The van der Waals surface area contributed by atoms with Crippen LogP contribution >= 0.6 is 22.6 Å². The van der Waals surface area contributed by atoms with Gasteiger partial charge in [-0.15, -0.1) is 5.11 Å². The zero-order valence-electron chi connectivity index (χ0n) is 12.2. The number of nitrogens with zero attached hydrogens (tertiary/aromatic N) is 4. The molecule has 0 amide bonds. The number of anilines is 1. The fraction of sp³-hybridized carbons (Fsp3) is 0.312. The van der Waals surface area contributed by atoms with Gasteiger partial charge in [-0.2, -0.15) is 5.11 Å². The summed E-state index contributed by atoms with van der Waals surface area (Å²) in [7, 11) is 0. The van der Waals surface area contributed by atoms with E-state index in [1.165, 1.54) is 5.69 Å². The predicted octanol–water partition coefficient (Wildman–Crippen LogP) is 3.38. The van der Waals surface area contributed by atoms with Crippen LogP contribution in [0.25, 0.3) is 0 Å². The second kappa shape index (κ2) is 7.64. The van der Waals surface area contributed by atoms with Gasteiger partial charge in [0.05, 0.1) is 6.54 Å². The molecule has 114 valence electrons. The first-order chi connectivity index (χ1) is 10.8. The lowest BCUT2D eigenvalue weighted by atomic mass is 10.2. The summed E-state index contributed by atoms with van der Waals surface area (Å²) in [4.78, 5) is 6.60. The van der Waals surface area contributed by atoms with Gasteiger partial charge >= 0.3 is 0 Å². The highest BCUT2D eigenvalue weighted by Gasteiger charge is 2.09. The number of hydrogen-bond acceptors (Lipinski definition) is 5. The summed E-state index contributed by atoms with van der Waals surface area (Å²) in [5, 5.41) is 11.7. The summed E-state index contributed by atoms with van der Waals surface area (Å²) in [6, 6.07) is 12.4. The van der Waals surface area contributed by atoms with Crippen LogP contribution in [0, 0.1) is 3.57 Å². The van der Waals surface area contributed by atoms with Gasteiger partial charge in [0.25, 0.3) is 0 Å². The van der Waals surface area contributed by atoms with E-state index in [-0.39, 0.29) is 0 Å². The number of rotatable bonds is 4. The molecule has 5 nitrogen and oxygen atoms in total. The molecule has 2 heterocycles. The molecule has 0 aliphatic carbocycles. The molecule has 1 aliphatic heterocycles. The maximum Gasteiger partial charge on any atom is 0.173 e. The molecule has 1 saturated heterocycles. The van der Waals surface area contributed by atoms with E-state index in [0.29, 0.717) is 12.4 Å². The Bertz CT molecular complexity index is 618. The standard InChI is InChI=1S/C16H18IN5/c17-14-3-6-16(19-12-14)21-20-11-13-1-4-15(5-2-13)22-9-7-18-8-10-22/h1-6,12,18H,7-11H2. The molecule has 6 heteroatoms. The molecule has 1 aliphatic rings. The maximum atomic E-state index is 4.22. The van der Waals surface area contributed by atoms with Gasteiger partial charge in [0.15, 0.2) is 5.82 Å². The van der Waals surface area contributed by atoms with Gasteiger partial charge < -0.3 is 10.2 Å². The van der Waals surface area contributed by atoms with Crippen LogP contribution in [0.4, 0.5) is 11.5 Å². The van der Waals surface area contributed by atoms with Crippen LogP contribution in [0.2, 0.25) is 0 Å². The van der Waals surface area contributed by atoms with Crippen molar-refractivity contribution in [3.8, 4) is 0 Å². The number of hydrogen-bond donors (Lipinski definition) is 1. The Morgan fingerprint density at radius 2 is 1.86 bits per heavy atom. The van der Waals surface area contributed by atoms with Crippen LogP contribution in [0.15, 0.2) is 52.8 Å². The molecule has 0 bridgehead atoms. The van der Waals surface area contributed by atoms with Gasteiger partial charge in [-0.25, -0.2) is 4.98 Å². The summed E-state index contributed by atoms with van der Waals surface area (Å²) in [6.45, 7) is 4.82. The SMILES string of the molecule is Ic1ccc(N=NCc2ccc(N3CCNCC3)cc2)nc1. The zero-order valence-corrected chi connectivity index (χ0v) is 14.4. The number of halogens is 1. The number of nitrogens with one attached hydrogen (secondary N) is 1. The van der Waals surface area contributed by atoms with Crippen molar-refractivity contribution in [2.45, 2.75) is 6.54 Å². The summed E-state index contributed by atoms with van der Waals surface area (Å²) >= 11 is 2.22. The highest BCUT2D eigenvalue weighted by Crippen LogP contribution is 2.17. The van der Waals surface area contributed by atoms with Crippen molar-refractivity contribution in [3.63, 3.8) is 0 Å². The van der Waals surface area contributed by atoms with Crippen molar-refractivity contribution in [2.24, 2.45) is 10.2 Å². The Kier molecular flexibility index (Phi) is 5.33. The van der Waals surface area contributed by atoms with Crippen LogP contribution in [0.5, 0.6) is 0 Å². The van der Waals surface area contributed by atoms with Gasteiger partial charge in [0.2, 0.25) is 0 Å². The zero-order chi connectivity index (χ0) is 15.2. The summed E-state index contributed by atoms with van der Waals surface area (Å²) in [5.74, 6) is 0.651. The lowest BCUT2D eigenvalue weighted by Gasteiger charge is -2.29. The van der Waals surface area contributed by atoms with E-state index in [0.717, 1.165) is 35.3 Å². The molecule has 0 radical (unpaired) electrons. The Balaban J connectivity index is 1.57. The van der Waals surface area contributed by atoms with Crippen LogP contribution < -0.4 is 10.2 Å². The molecule has 0 saturated carbocycles. The lowest BCUT2D eigenvalue weighted by molar-refractivity contribution is 0.589. The second-order valence-electron chi connectivity index (χ2n) is 5.14. The van der Waals surface area contributed by atoms with Crippen molar-refractivity contribution in [3.05, 3.63) is 51.7 Å². The Morgan fingerprint density at radius 3 is 2.55 bits per heavy atom. The normalized spacial score (nSPS) is 15.4. The number of benzene rings is 1. The topological polar surface area (TPSA) is 52.9 Å². The van der Waals surface area contributed by atoms with E-state index < -0.39 is 0 Å². The smallest absolute Gasteiger partial charge is 0.173 e. The number of aromatic nitrogens is 1. The highest BCUT2D eigenvalue weighted by molar-refractivity contribution is 14.1. The van der Waals surface area contributed by atoms with E-state index >= 15 is 0 Å². The number of azo groups is 1. The molecule has 1 aromatic carbocycles. The molecule has 22 heavy (non-hydrogen) atoms. The van der Waals surface area contributed by atoms with Crippen LogP contribution in [0.3, 0.4) is 0 Å². The average Bonchev–Trinajstić information content (AvgIpc) is 2.58. The first-order valence-corrected chi connectivity index (χ1v) is 8.43.